The van der Waals surface area contributed by atoms with E-state index in [-0.39, 0.29) is 5.60 Å². The molecule has 0 amide bonds. The van der Waals surface area contributed by atoms with E-state index in [1.54, 1.807) is 0 Å². The lowest BCUT2D eigenvalue weighted by atomic mass is 10.1. The van der Waals surface area contributed by atoms with E-state index >= 15 is 0 Å². The van der Waals surface area contributed by atoms with E-state index in [0.29, 0.717) is 11.2 Å². The smallest absolute Gasteiger partial charge is 0.166 e. The molecule has 0 bridgehead atoms. The number of hydrogen-bond donors (Lipinski definition) is 2. The van der Waals surface area contributed by atoms with Gasteiger partial charge in [-0.25, -0.2) is 0 Å². The lowest BCUT2D eigenvalue weighted by molar-refractivity contribution is -0.0125. The standard InChI is InChI=1S/C9H18N2OS/c1-9(2)5-4-7(12-9)6-11-8(13)10-3/h7H,4-6H2,1-3H3,(H2,10,11,13). The fraction of sp³-hybridized carbons (Fsp3) is 0.889. The predicted molar refractivity (Wildman–Crippen MR) is 57.8 cm³/mol. The molecule has 0 radical (unpaired) electrons. The predicted octanol–water partition coefficient (Wildman–Crippen LogP) is 1.04. The number of nitrogens with one attached hydrogen (secondary N) is 2. The molecule has 0 spiro atoms. The van der Waals surface area contributed by atoms with Crippen LogP contribution in [0.5, 0.6) is 0 Å². The first-order valence-electron chi connectivity index (χ1n) is 4.67. The molecule has 0 aliphatic carbocycles. The maximum absolute atomic E-state index is 5.79. The van der Waals surface area contributed by atoms with Crippen molar-refractivity contribution in [3.63, 3.8) is 0 Å². The van der Waals surface area contributed by atoms with Crippen LogP contribution >= 0.6 is 12.2 Å². The van der Waals surface area contributed by atoms with Crippen molar-refractivity contribution >= 4 is 17.3 Å². The number of ether oxygens (including phenoxy) is 1. The van der Waals surface area contributed by atoms with Gasteiger partial charge in [0.1, 0.15) is 0 Å². The van der Waals surface area contributed by atoms with Crippen LogP contribution in [0.4, 0.5) is 0 Å². The van der Waals surface area contributed by atoms with Gasteiger partial charge in [0.05, 0.1) is 11.7 Å². The van der Waals surface area contributed by atoms with Gasteiger partial charge in [-0.1, -0.05) is 0 Å². The minimum Gasteiger partial charge on any atom is -0.371 e. The molecule has 1 heterocycles. The van der Waals surface area contributed by atoms with Crippen LogP contribution in [0.25, 0.3) is 0 Å². The van der Waals surface area contributed by atoms with E-state index in [0.717, 1.165) is 19.4 Å². The number of rotatable bonds is 2. The molecular weight excluding hydrogens is 184 g/mol. The third kappa shape index (κ3) is 3.48. The van der Waals surface area contributed by atoms with Crippen molar-refractivity contribution in [1.82, 2.24) is 10.6 Å². The monoisotopic (exact) mass is 202 g/mol. The molecule has 0 saturated carbocycles. The number of thiocarbonyl (C=S) groups is 1. The fourth-order valence-electron chi connectivity index (χ4n) is 1.52. The molecule has 1 fully saturated rings. The largest absolute Gasteiger partial charge is 0.371 e. The molecule has 1 atom stereocenters. The van der Waals surface area contributed by atoms with Crippen molar-refractivity contribution in [3.05, 3.63) is 0 Å². The Morgan fingerprint density at radius 3 is 2.77 bits per heavy atom. The van der Waals surface area contributed by atoms with Crippen LogP contribution in [0.3, 0.4) is 0 Å². The summed E-state index contributed by atoms with van der Waals surface area (Å²) in [5.74, 6) is 0. The van der Waals surface area contributed by atoms with Gasteiger partial charge in [0.15, 0.2) is 5.11 Å². The van der Waals surface area contributed by atoms with Crippen LogP contribution in [0.1, 0.15) is 26.7 Å². The zero-order chi connectivity index (χ0) is 9.90. The summed E-state index contributed by atoms with van der Waals surface area (Å²) in [6.07, 6.45) is 2.55. The molecule has 1 saturated heterocycles. The van der Waals surface area contributed by atoms with Crippen molar-refractivity contribution in [3.8, 4) is 0 Å². The SMILES string of the molecule is CNC(=S)NCC1CCC(C)(C)O1. The first-order valence-corrected chi connectivity index (χ1v) is 5.08. The van der Waals surface area contributed by atoms with E-state index < -0.39 is 0 Å². The van der Waals surface area contributed by atoms with Crippen LogP contribution in [0.15, 0.2) is 0 Å². The summed E-state index contributed by atoms with van der Waals surface area (Å²) >= 11 is 4.97. The third-order valence-corrected chi connectivity index (χ3v) is 2.62. The Morgan fingerprint density at radius 1 is 1.62 bits per heavy atom. The Bertz CT molecular complexity index is 194. The average Bonchev–Trinajstić information content (AvgIpc) is 2.41. The Labute approximate surface area is 85.2 Å². The second-order valence-electron chi connectivity index (χ2n) is 4.00. The summed E-state index contributed by atoms with van der Waals surface area (Å²) in [6.45, 7) is 5.07. The van der Waals surface area contributed by atoms with Crippen molar-refractivity contribution in [2.45, 2.75) is 38.4 Å². The molecule has 1 rings (SSSR count). The van der Waals surface area contributed by atoms with Crippen LogP contribution in [-0.4, -0.2) is 30.4 Å². The van der Waals surface area contributed by atoms with E-state index in [1.165, 1.54) is 0 Å². The molecular formula is C9H18N2OS. The van der Waals surface area contributed by atoms with Crippen LogP contribution in [0.2, 0.25) is 0 Å². The third-order valence-electron chi connectivity index (χ3n) is 2.27. The fourth-order valence-corrected chi connectivity index (χ4v) is 1.60. The average molecular weight is 202 g/mol. The van der Waals surface area contributed by atoms with Gasteiger partial charge in [0.2, 0.25) is 0 Å². The molecule has 4 heteroatoms. The first kappa shape index (κ1) is 10.7. The molecule has 13 heavy (non-hydrogen) atoms. The summed E-state index contributed by atoms with van der Waals surface area (Å²) in [6, 6.07) is 0. The van der Waals surface area contributed by atoms with Crippen molar-refractivity contribution in [2.24, 2.45) is 0 Å². The summed E-state index contributed by atoms with van der Waals surface area (Å²) < 4.78 is 5.79. The van der Waals surface area contributed by atoms with Gasteiger partial charge in [-0.2, -0.15) is 0 Å². The van der Waals surface area contributed by atoms with Crippen molar-refractivity contribution in [2.75, 3.05) is 13.6 Å². The maximum atomic E-state index is 5.79. The zero-order valence-electron chi connectivity index (χ0n) is 8.52. The Balaban J connectivity index is 2.21. The molecule has 1 aliphatic heterocycles. The highest BCUT2D eigenvalue weighted by molar-refractivity contribution is 7.80. The van der Waals surface area contributed by atoms with Crippen LogP contribution < -0.4 is 10.6 Å². The highest BCUT2D eigenvalue weighted by Crippen LogP contribution is 2.28. The second-order valence-corrected chi connectivity index (χ2v) is 4.41. The summed E-state index contributed by atoms with van der Waals surface area (Å²) in [5.41, 5.74) is 0.0492. The van der Waals surface area contributed by atoms with Gasteiger partial charge in [-0.05, 0) is 38.9 Å². The van der Waals surface area contributed by atoms with Gasteiger partial charge < -0.3 is 15.4 Å². The highest BCUT2D eigenvalue weighted by atomic mass is 32.1. The highest BCUT2D eigenvalue weighted by Gasteiger charge is 2.31. The van der Waals surface area contributed by atoms with E-state index in [1.807, 2.05) is 7.05 Å². The molecule has 1 aliphatic rings. The lowest BCUT2D eigenvalue weighted by Gasteiger charge is -2.19. The van der Waals surface area contributed by atoms with Crippen molar-refractivity contribution in [1.29, 1.82) is 0 Å². The molecule has 76 valence electrons. The normalized spacial score (nSPS) is 25.6. The Kier molecular flexibility index (Phi) is 3.50. The van der Waals surface area contributed by atoms with E-state index in [2.05, 4.69) is 24.5 Å². The van der Waals surface area contributed by atoms with Crippen LogP contribution in [0, 0.1) is 0 Å². The van der Waals surface area contributed by atoms with E-state index in [4.69, 9.17) is 17.0 Å². The summed E-state index contributed by atoms with van der Waals surface area (Å²) in [7, 11) is 1.81. The van der Waals surface area contributed by atoms with Crippen molar-refractivity contribution < 1.29 is 4.74 Å². The molecule has 0 aromatic carbocycles. The minimum absolute atomic E-state index is 0.0492. The van der Waals surface area contributed by atoms with Crippen LogP contribution in [-0.2, 0) is 4.74 Å². The Hall–Kier alpha value is -0.350. The van der Waals surface area contributed by atoms with Gasteiger partial charge in [0, 0.05) is 13.6 Å². The lowest BCUT2D eigenvalue weighted by Crippen LogP contribution is -2.38. The summed E-state index contributed by atoms with van der Waals surface area (Å²) in [5, 5.41) is 6.67. The van der Waals surface area contributed by atoms with E-state index in [9.17, 15) is 0 Å². The molecule has 0 aromatic heterocycles. The minimum atomic E-state index is 0.0492. The molecule has 1 unspecified atom stereocenters. The first-order chi connectivity index (χ1) is 6.03. The van der Waals surface area contributed by atoms with Gasteiger partial charge in [0.25, 0.3) is 0 Å². The zero-order valence-corrected chi connectivity index (χ0v) is 9.33. The molecule has 0 aromatic rings. The Morgan fingerprint density at radius 2 is 2.31 bits per heavy atom. The number of hydrogen-bond acceptors (Lipinski definition) is 2. The second kappa shape index (κ2) is 4.24. The van der Waals surface area contributed by atoms with Gasteiger partial charge in [-0.3, -0.25) is 0 Å². The quantitative estimate of drug-likeness (QED) is 0.656. The topological polar surface area (TPSA) is 33.3 Å². The van der Waals surface area contributed by atoms with Gasteiger partial charge >= 0.3 is 0 Å². The molecule has 2 N–H and O–H groups in total. The molecule has 3 nitrogen and oxygen atoms in total. The maximum Gasteiger partial charge on any atom is 0.166 e. The summed E-state index contributed by atoms with van der Waals surface area (Å²) in [4.78, 5) is 0. The van der Waals surface area contributed by atoms with Gasteiger partial charge in [-0.15, -0.1) is 0 Å².